The Morgan fingerprint density at radius 3 is 2.83 bits per heavy atom. The summed E-state index contributed by atoms with van der Waals surface area (Å²) in [4.78, 5) is 17.5. The number of rotatable bonds is 4. The number of nitrogens with one attached hydrogen (secondary N) is 1. The number of aromatic nitrogens is 1. The average Bonchev–Trinajstić information content (AvgIpc) is 2.68. The molecule has 2 rings (SSSR count). The largest absolute Gasteiger partial charge is 0.330 e. The Kier molecular flexibility index (Phi) is 5.13. The summed E-state index contributed by atoms with van der Waals surface area (Å²) in [5.74, 6) is 0.0298. The van der Waals surface area contributed by atoms with Crippen LogP contribution in [0, 0.1) is 0 Å². The number of anilines is 1. The van der Waals surface area contributed by atoms with Crippen molar-refractivity contribution >= 4 is 22.4 Å². The first kappa shape index (κ1) is 13.5. The first-order valence-corrected chi connectivity index (χ1v) is 7.59. The van der Waals surface area contributed by atoms with E-state index < -0.39 is 0 Å². The predicted octanol–water partition coefficient (Wildman–Crippen LogP) is 2.48. The zero-order valence-electron chi connectivity index (χ0n) is 10.7. The van der Waals surface area contributed by atoms with E-state index >= 15 is 0 Å². The summed E-state index contributed by atoms with van der Waals surface area (Å²) in [7, 11) is 0. The number of amides is 1. The molecule has 0 spiro atoms. The van der Waals surface area contributed by atoms with E-state index in [0.29, 0.717) is 13.0 Å². The fourth-order valence-electron chi connectivity index (χ4n) is 2.20. The van der Waals surface area contributed by atoms with Crippen molar-refractivity contribution < 1.29 is 4.79 Å². The highest BCUT2D eigenvalue weighted by Gasteiger charge is 2.14. The second kappa shape index (κ2) is 6.85. The van der Waals surface area contributed by atoms with Crippen molar-refractivity contribution in [2.75, 3.05) is 11.9 Å². The molecule has 0 unspecified atom stereocenters. The van der Waals surface area contributed by atoms with E-state index in [0.717, 1.165) is 24.4 Å². The van der Waals surface area contributed by atoms with Gasteiger partial charge in [0.05, 0.1) is 5.69 Å². The summed E-state index contributed by atoms with van der Waals surface area (Å²) in [6.07, 6.45) is 8.48. The summed E-state index contributed by atoms with van der Waals surface area (Å²) in [5.41, 5.74) is 6.59. The Bertz CT molecular complexity index is 377. The van der Waals surface area contributed by atoms with E-state index in [1.807, 2.05) is 0 Å². The van der Waals surface area contributed by atoms with Crippen LogP contribution in [-0.4, -0.2) is 17.4 Å². The van der Waals surface area contributed by atoms with E-state index in [1.54, 1.807) is 11.3 Å². The number of carbonyl (C=O) groups excluding carboxylic acids is 1. The molecule has 0 fully saturated rings. The van der Waals surface area contributed by atoms with Gasteiger partial charge in [0.2, 0.25) is 5.91 Å². The minimum Gasteiger partial charge on any atom is -0.330 e. The lowest BCUT2D eigenvalue weighted by Crippen LogP contribution is -2.13. The van der Waals surface area contributed by atoms with Gasteiger partial charge in [-0.05, 0) is 38.6 Å². The number of hydrogen-bond donors (Lipinski definition) is 2. The highest BCUT2D eigenvalue weighted by molar-refractivity contribution is 7.15. The third-order valence-electron chi connectivity index (χ3n) is 3.20. The second-order valence-electron chi connectivity index (χ2n) is 4.74. The molecule has 5 heteroatoms. The van der Waals surface area contributed by atoms with Crippen LogP contribution in [0.2, 0.25) is 0 Å². The van der Waals surface area contributed by atoms with Crippen molar-refractivity contribution in [3.05, 3.63) is 10.6 Å². The fourth-order valence-corrected chi connectivity index (χ4v) is 3.27. The lowest BCUT2D eigenvalue weighted by atomic mass is 10.0. The lowest BCUT2D eigenvalue weighted by molar-refractivity contribution is -0.116. The van der Waals surface area contributed by atoms with Crippen LogP contribution in [0.25, 0.3) is 0 Å². The van der Waals surface area contributed by atoms with Gasteiger partial charge in [0.1, 0.15) is 0 Å². The predicted molar refractivity (Wildman–Crippen MR) is 74.9 cm³/mol. The third-order valence-corrected chi connectivity index (χ3v) is 4.27. The van der Waals surface area contributed by atoms with Crippen molar-refractivity contribution in [1.82, 2.24) is 4.98 Å². The molecule has 0 radical (unpaired) electrons. The maximum absolute atomic E-state index is 11.6. The first-order valence-electron chi connectivity index (χ1n) is 6.78. The number of aryl methyl sites for hydroxylation is 2. The number of hydrogen-bond acceptors (Lipinski definition) is 4. The fraction of sp³-hybridized carbons (Fsp3) is 0.692. The molecule has 3 N–H and O–H groups in total. The maximum atomic E-state index is 11.6. The Morgan fingerprint density at radius 1 is 1.28 bits per heavy atom. The van der Waals surface area contributed by atoms with Gasteiger partial charge in [0.25, 0.3) is 0 Å². The first-order chi connectivity index (χ1) is 8.79. The average molecular weight is 267 g/mol. The van der Waals surface area contributed by atoms with E-state index in [9.17, 15) is 4.79 Å². The molecular formula is C13H21N3OS. The molecule has 1 aliphatic rings. The van der Waals surface area contributed by atoms with Crippen LogP contribution in [0.1, 0.15) is 49.1 Å². The monoisotopic (exact) mass is 267 g/mol. The normalized spacial score (nSPS) is 15.6. The van der Waals surface area contributed by atoms with E-state index in [2.05, 4.69) is 10.3 Å². The molecule has 1 aliphatic carbocycles. The van der Waals surface area contributed by atoms with E-state index in [-0.39, 0.29) is 5.91 Å². The molecule has 1 aromatic heterocycles. The molecule has 4 nitrogen and oxygen atoms in total. The smallest absolute Gasteiger partial charge is 0.226 e. The number of thiazole rings is 1. The van der Waals surface area contributed by atoms with Gasteiger partial charge in [0, 0.05) is 11.3 Å². The number of nitrogens with zero attached hydrogens (tertiary/aromatic N) is 1. The lowest BCUT2D eigenvalue weighted by Gasteiger charge is -2.06. The van der Waals surface area contributed by atoms with Gasteiger partial charge in [-0.3, -0.25) is 4.79 Å². The number of nitrogens with two attached hydrogens (primary N) is 1. The molecule has 0 aromatic carbocycles. The Morgan fingerprint density at radius 2 is 2.06 bits per heavy atom. The molecule has 1 amide bonds. The van der Waals surface area contributed by atoms with Gasteiger partial charge < -0.3 is 11.1 Å². The van der Waals surface area contributed by atoms with Crippen molar-refractivity contribution in [3.63, 3.8) is 0 Å². The topological polar surface area (TPSA) is 68.0 Å². The Labute approximate surface area is 112 Å². The molecule has 100 valence electrons. The molecule has 0 aliphatic heterocycles. The second-order valence-corrected chi connectivity index (χ2v) is 5.83. The molecule has 1 aromatic rings. The van der Waals surface area contributed by atoms with Gasteiger partial charge in [-0.15, -0.1) is 11.3 Å². The van der Waals surface area contributed by atoms with Crippen LogP contribution in [0.4, 0.5) is 5.13 Å². The molecule has 0 saturated heterocycles. The molecule has 0 saturated carbocycles. The molecule has 0 bridgehead atoms. The Hall–Kier alpha value is -0.940. The summed E-state index contributed by atoms with van der Waals surface area (Å²) in [5, 5.41) is 3.66. The van der Waals surface area contributed by atoms with Gasteiger partial charge in [-0.2, -0.15) is 0 Å². The van der Waals surface area contributed by atoms with Gasteiger partial charge in [0.15, 0.2) is 5.13 Å². The van der Waals surface area contributed by atoms with E-state index in [4.69, 9.17) is 5.73 Å². The van der Waals surface area contributed by atoms with Crippen LogP contribution < -0.4 is 11.1 Å². The summed E-state index contributed by atoms with van der Waals surface area (Å²) in [6.45, 7) is 0.557. The molecule has 0 atom stereocenters. The van der Waals surface area contributed by atoms with Crippen LogP contribution in [0.15, 0.2) is 0 Å². The highest BCUT2D eigenvalue weighted by atomic mass is 32.1. The number of carbonyl (C=O) groups is 1. The van der Waals surface area contributed by atoms with Crippen molar-refractivity contribution in [2.24, 2.45) is 5.73 Å². The van der Waals surface area contributed by atoms with Crippen LogP contribution >= 0.6 is 11.3 Å². The number of fused-ring (bicyclic) bond motifs is 1. The summed E-state index contributed by atoms with van der Waals surface area (Å²) in [6, 6.07) is 0. The molecule has 1 heterocycles. The zero-order chi connectivity index (χ0) is 12.8. The van der Waals surface area contributed by atoms with E-state index in [1.165, 1.54) is 36.3 Å². The Balaban J connectivity index is 1.97. The minimum absolute atomic E-state index is 0.0298. The molecule has 18 heavy (non-hydrogen) atoms. The summed E-state index contributed by atoms with van der Waals surface area (Å²) < 4.78 is 0. The van der Waals surface area contributed by atoms with Crippen LogP contribution in [0.5, 0.6) is 0 Å². The standard InChI is InChI=1S/C13H21N3OS/c14-9-5-8-12(17)16-13-15-10-6-3-1-2-4-7-11(10)18-13/h1-9,14H2,(H,15,16,17). The van der Waals surface area contributed by atoms with Crippen LogP contribution in [-0.2, 0) is 17.6 Å². The van der Waals surface area contributed by atoms with Gasteiger partial charge in [-0.1, -0.05) is 12.8 Å². The molecular weight excluding hydrogens is 246 g/mol. The minimum atomic E-state index is 0.0298. The summed E-state index contributed by atoms with van der Waals surface area (Å²) >= 11 is 1.65. The SMILES string of the molecule is NCCCC(=O)Nc1nc2c(s1)CCCCCC2. The third kappa shape index (κ3) is 3.78. The zero-order valence-corrected chi connectivity index (χ0v) is 11.5. The van der Waals surface area contributed by atoms with Crippen molar-refractivity contribution in [2.45, 2.75) is 51.4 Å². The van der Waals surface area contributed by atoms with Crippen LogP contribution in [0.3, 0.4) is 0 Å². The van der Waals surface area contributed by atoms with Crippen molar-refractivity contribution in [3.8, 4) is 0 Å². The highest BCUT2D eigenvalue weighted by Crippen LogP contribution is 2.28. The maximum Gasteiger partial charge on any atom is 0.226 e. The quantitative estimate of drug-likeness (QED) is 0.880. The van der Waals surface area contributed by atoms with Crippen molar-refractivity contribution in [1.29, 1.82) is 0 Å². The van der Waals surface area contributed by atoms with Gasteiger partial charge in [-0.25, -0.2) is 4.98 Å². The van der Waals surface area contributed by atoms with Gasteiger partial charge >= 0.3 is 0 Å².